The number of rotatable bonds is 6. The minimum Gasteiger partial charge on any atom is -0.354 e. The topological polar surface area (TPSA) is 95.6 Å². The average molecular weight is 277 g/mol. The van der Waals surface area contributed by atoms with Crippen LogP contribution in [-0.2, 0) is 19.6 Å². The van der Waals surface area contributed by atoms with E-state index in [1.54, 1.807) is 0 Å². The van der Waals surface area contributed by atoms with E-state index in [0.717, 1.165) is 6.26 Å². The Labute approximate surface area is 107 Å². The first-order valence-electron chi connectivity index (χ1n) is 5.79. The standard InChI is InChI=1S/C10H19N3O4S/c1-13(18(2,16)17)7-3-6-11-10(15)8-4-5-9(14)12-8/h8H,3-7H2,1-2H3,(H,11,15)(H,12,14)/t8-/m0/s1. The molecule has 1 atom stereocenters. The van der Waals surface area contributed by atoms with Crippen LogP contribution in [0.2, 0.25) is 0 Å². The molecule has 1 heterocycles. The van der Waals surface area contributed by atoms with Crippen molar-refractivity contribution in [2.45, 2.75) is 25.3 Å². The van der Waals surface area contributed by atoms with Gasteiger partial charge in [0.25, 0.3) is 0 Å². The number of amides is 2. The molecule has 0 unspecified atom stereocenters. The zero-order valence-electron chi connectivity index (χ0n) is 10.6. The Hall–Kier alpha value is -1.15. The van der Waals surface area contributed by atoms with Crippen molar-refractivity contribution in [2.75, 3.05) is 26.4 Å². The fraction of sp³-hybridized carbons (Fsp3) is 0.800. The molecule has 0 aromatic carbocycles. The molecule has 2 N–H and O–H groups in total. The molecule has 0 bridgehead atoms. The van der Waals surface area contributed by atoms with Gasteiger partial charge in [-0.1, -0.05) is 0 Å². The molecule has 0 aromatic rings. The monoisotopic (exact) mass is 277 g/mol. The predicted molar refractivity (Wildman–Crippen MR) is 66.3 cm³/mol. The lowest BCUT2D eigenvalue weighted by Crippen LogP contribution is -2.42. The van der Waals surface area contributed by atoms with Crippen molar-refractivity contribution in [2.24, 2.45) is 0 Å². The molecule has 8 heteroatoms. The van der Waals surface area contributed by atoms with Gasteiger partial charge in [0, 0.05) is 26.6 Å². The molecule has 0 saturated carbocycles. The highest BCUT2D eigenvalue weighted by atomic mass is 32.2. The Kier molecular flexibility index (Phi) is 5.09. The first kappa shape index (κ1) is 14.9. The van der Waals surface area contributed by atoms with Crippen molar-refractivity contribution in [1.29, 1.82) is 0 Å². The zero-order chi connectivity index (χ0) is 13.8. The number of nitrogens with zero attached hydrogens (tertiary/aromatic N) is 1. The second-order valence-electron chi connectivity index (χ2n) is 4.39. The third-order valence-electron chi connectivity index (χ3n) is 2.83. The maximum atomic E-state index is 11.6. The van der Waals surface area contributed by atoms with Crippen LogP contribution in [0.3, 0.4) is 0 Å². The number of nitrogens with one attached hydrogen (secondary N) is 2. The summed E-state index contributed by atoms with van der Waals surface area (Å²) in [5.74, 6) is -0.310. The quantitative estimate of drug-likeness (QED) is 0.588. The highest BCUT2D eigenvalue weighted by Crippen LogP contribution is 2.06. The molecule has 0 radical (unpaired) electrons. The SMILES string of the molecule is CN(CCCNC(=O)[C@@H]1CCC(=O)N1)S(C)(=O)=O. The van der Waals surface area contributed by atoms with E-state index >= 15 is 0 Å². The number of hydrogen-bond donors (Lipinski definition) is 2. The molecular formula is C10H19N3O4S. The van der Waals surface area contributed by atoms with Gasteiger partial charge in [-0.3, -0.25) is 9.59 Å². The Balaban J connectivity index is 2.18. The van der Waals surface area contributed by atoms with Crippen LogP contribution in [0.5, 0.6) is 0 Å². The van der Waals surface area contributed by atoms with Crippen LogP contribution in [0.1, 0.15) is 19.3 Å². The van der Waals surface area contributed by atoms with Crippen LogP contribution < -0.4 is 10.6 Å². The minimum absolute atomic E-state index is 0.105. The van der Waals surface area contributed by atoms with Crippen LogP contribution in [0.25, 0.3) is 0 Å². The van der Waals surface area contributed by atoms with Crippen molar-refractivity contribution >= 4 is 21.8 Å². The van der Waals surface area contributed by atoms with Crippen molar-refractivity contribution in [3.8, 4) is 0 Å². The molecule has 1 rings (SSSR count). The molecule has 0 spiro atoms. The van der Waals surface area contributed by atoms with Crippen LogP contribution in [0.15, 0.2) is 0 Å². The highest BCUT2D eigenvalue weighted by Gasteiger charge is 2.26. The maximum Gasteiger partial charge on any atom is 0.242 e. The van der Waals surface area contributed by atoms with Crippen LogP contribution in [0, 0.1) is 0 Å². The van der Waals surface area contributed by atoms with E-state index in [-0.39, 0.29) is 11.8 Å². The van der Waals surface area contributed by atoms with Gasteiger partial charge in [-0.25, -0.2) is 12.7 Å². The van der Waals surface area contributed by atoms with Gasteiger partial charge in [0.2, 0.25) is 21.8 Å². The van der Waals surface area contributed by atoms with Gasteiger partial charge in [-0.05, 0) is 12.8 Å². The molecule has 1 fully saturated rings. The summed E-state index contributed by atoms with van der Waals surface area (Å²) in [6, 6.07) is -0.440. The average Bonchev–Trinajstić information content (AvgIpc) is 2.69. The molecule has 104 valence electrons. The number of carbonyl (C=O) groups excluding carboxylic acids is 2. The minimum atomic E-state index is -3.16. The molecule has 1 saturated heterocycles. The van der Waals surface area contributed by atoms with Gasteiger partial charge in [-0.2, -0.15) is 0 Å². The van der Waals surface area contributed by atoms with Gasteiger partial charge in [-0.15, -0.1) is 0 Å². The zero-order valence-corrected chi connectivity index (χ0v) is 11.4. The van der Waals surface area contributed by atoms with Gasteiger partial charge in [0.05, 0.1) is 6.26 Å². The maximum absolute atomic E-state index is 11.6. The predicted octanol–water partition coefficient (Wildman–Crippen LogP) is -1.34. The number of carbonyl (C=O) groups is 2. The molecule has 2 amide bonds. The Morgan fingerprint density at radius 1 is 1.56 bits per heavy atom. The van der Waals surface area contributed by atoms with Crippen LogP contribution in [-0.4, -0.2) is 57.0 Å². The summed E-state index contributed by atoms with van der Waals surface area (Å²) in [4.78, 5) is 22.5. The molecule has 18 heavy (non-hydrogen) atoms. The summed E-state index contributed by atoms with van der Waals surface area (Å²) >= 11 is 0. The molecule has 1 aliphatic heterocycles. The highest BCUT2D eigenvalue weighted by molar-refractivity contribution is 7.88. The second kappa shape index (κ2) is 6.14. The van der Waals surface area contributed by atoms with Crippen molar-refractivity contribution in [3.05, 3.63) is 0 Å². The first-order chi connectivity index (χ1) is 8.30. The summed E-state index contributed by atoms with van der Waals surface area (Å²) in [6.07, 6.45) is 2.58. The molecule has 0 aromatic heterocycles. The molecule has 7 nitrogen and oxygen atoms in total. The summed E-state index contributed by atoms with van der Waals surface area (Å²) in [5, 5.41) is 5.25. The normalized spacial score (nSPS) is 19.9. The lowest BCUT2D eigenvalue weighted by atomic mass is 10.2. The largest absolute Gasteiger partial charge is 0.354 e. The van der Waals surface area contributed by atoms with E-state index in [4.69, 9.17) is 0 Å². The van der Waals surface area contributed by atoms with Crippen molar-refractivity contribution in [1.82, 2.24) is 14.9 Å². The fourth-order valence-corrected chi connectivity index (χ4v) is 2.07. The summed E-state index contributed by atoms with van der Waals surface area (Å²) in [7, 11) is -1.67. The van der Waals surface area contributed by atoms with Gasteiger partial charge < -0.3 is 10.6 Å². The smallest absolute Gasteiger partial charge is 0.242 e. The lowest BCUT2D eigenvalue weighted by molar-refractivity contribution is -0.125. The van der Waals surface area contributed by atoms with Gasteiger partial charge in [0.15, 0.2) is 0 Å². The summed E-state index contributed by atoms with van der Waals surface area (Å²) in [6.45, 7) is 0.751. The first-order valence-corrected chi connectivity index (χ1v) is 7.64. The fourth-order valence-electron chi connectivity index (χ4n) is 1.61. The Bertz CT molecular complexity index is 421. The lowest BCUT2D eigenvalue weighted by Gasteiger charge is -2.15. The second-order valence-corrected chi connectivity index (χ2v) is 6.48. The summed E-state index contributed by atoms with van der Waals surface area (Å²) < 4.78 is 23.4. The van der Waals surface area contributed by atoms with Crippen LogP contribution >= 0.6 is 0 Å². The molecule has 1 aliphatic rings. The van der Waals surface area contributed by atoms with E-state index in [9.17, 15) is 18.0 Å². The third kappa shape index (κ3) is 4.61. The number of sulfonamides is 1. The van der Waals surface area contributed by atoms with Crippen LogP contribution in [0.4, 0.5) is 0 Å². The summed E-state index contributed by atoms with van der Waals surface area (Å²) in [5.41, 5.74) is 0. The van der Waals surface area contributed by atoms with E-state index in [0.29, 0.717) is 32.4 Å². The molecular weight excluding hydrogens is 258 g/mol. The van der Waals surface area contributed by atoms with E-state index in [2.05, 4.69) is 10.6 Å². The molecule has 0 aliphatic carbocycles. The van der Waals surface area contributed by atoms with E-state index < -0.39 is 16.1 Å². The van der Waals surface area contributed by atoms with Crippen molar-refractivity contribution < 1.29 is 18.0 Å². The van der Waals surface area contributed by atoms with Gasteiger partial charge in [0.1, 0.15) is 6.04 Å². The number of hydrogen-bond acceptors (Lipinski definition) is 4. The third-order valence-corrected chi connectivity index (χ3v) is 4.14. The van der Waals surface area contributed by atoms with Gasteiger partial charge >= 0.3 is 0 Å². The Morgan fingerprint density at radius 2 is 2.22 bits per heavy atom. The van der Waals surface area contributed by atoms with Crippen molar-refractivity contribution in [3.63, 3.8) is 0 Å². The Morgan fingerprint density at radius 3 is 2.72 bits per heavy atom. The van der Waals surface area contributed by atoms with E-state index in [1.807, 2.05) is 0 Å². The van der Waals surface area contributed by atoms with E-state index in [1.165, 1.54) is 11.4 Å².